The Kier molecular flexibility index (Phi) is 6.14. The fourth-order valence-corrected chi connectivity index (χ4v) is 2.16. The van der Waals surface area contributed by atoms with Gasteiger partial charge in [-0.3, -0.25) is 9.59 Å². The van der Waals surface area contributed by atoms with Crippen molar-refractivity contribution in [2.75, 3.05) is 44.3 Å². The van der Waals surface area contributed by atoms with Crippen molar-refractivity contribution < 1.29 is 14.3 Å². The summed E-state index contributed by atoms with van der Waals surface area (Å²) in [5.41, 5.74) is 0.538. The summed E-state index contributed by atoms with van der Waals surface area (Å²) in [6, 6.07) is 3.64. The number of aromatic nitrogens is 1. The first-order chi connectivity index (χ1) is 10.7. The van der Waals surface area contributed by atoms with Crippen molar-refractivity contribution in [2.24, 2.45) is 0 Å². The van der Waals surface area contributed by atoms with E-state index in [1.165, 1.54) is 6.92 Å². The lowest BCUT2D eigenvalue weighted by molar-refractivity contribution is -0.118. The van der Waals surface area contributed by atoms with Gasteiger partial charge in [-0.05, 0) is 18.6 Å². The van der Waals surface area contributed by atoms with Crippen molar-refractivity contribution in [1.29, 1.82) is 0 Å². The van der Waals surface area contributed by atoms with E-state index in [2.05, 4.69) is 20.5 Å². The van der Waals surface area contributed by atoms with E-state index < -0.39 is 0 Å². The van der Waals surface area contributed by atoms with E-state index in [1.54, 1.807) is 12.3 Å². The third-order valence-electron chi connectivity index (χ3n) is 3.36. The molecule has 0 atom stereocenters. The van der Waals surface area contributed by atoms with E-state index in [4.69, 9.17) is 4.74 Å². The Morgan fingerprint density at radius 2 is 1.95 bits per heavy atom. The van der Waals surface area contributed by atoms with Gasteiger partial charge in [-0.1, -0.05) is 0 Å². The Labute approximate surface area is 130 Å². The standard InChI is InChI=1S/C15H22N4O3/c1-12(20)16-5-2-6-17-15(21)13-3-4-14(18-11-13)19-7-9-22-10-8-19/h3-4,11H,2,5-10H2,1H3,(H,16,20)(H,17,21). The number of hydrogen-bond donors (Lipinski definition) is 2. The van der Waals surface area contributed by atoms with Gasteiger partial charge in [0.15, 0.2) is 0 Å². The SMILES string of the molecule is CC(=O)NCCCNC(=O)c1ccc(N2CCOCC2)nc1. The van der Waals surface area contributed by atoms with Crippen LogP contribution in [0.5, 0.6) is 0 Å². The van der Waals surface area contributed by atoms with Gasteiger partial charge in [-0.15, -0.1) is 0 Å². The van der Waals surface area contributed by atoms with Crippen molar-refractivity contribution in [3.8, 4) is 0 Å². The monoisotopic (exact) mass is 306 g/mol. The molecular formula is C15H22N4O3. The van der Waals surface area contributed by atoms with Crippen molar-refractivity contribution in [1.82, 2.24) is 15.6 Å². The first-order valence-corrected chi connectivity index (χ1v) is 7.48. The third-order valence-corrected chi connectivity index (χ3v) is 3.36. The number of rotatable bonds is 6. The summed E-state index contributed by atoms with van der Waals surface area (Å²) in [5, 5.41) is 5.49. The second-order valence-corrected chi connectivity index (χ2v) is 5.10. The smallest absolute Gasteiger partial charge is 0.252 e. The number of ether oxygens (including phenoxy) is 1. The Balaban J connectivity index is 1.77. The number of nitrogens with one attached hydrogen (secondary N) is 2. The van der Waals surface area contributed by atoms with Crippen LogP contribution in [0.15, 0.2) is 18.3 Å². The molecule has 0 saturated carbocycles. The lowest BCUT2D eigenvalue weighted by atomic mass is 10.2. The second-order valence-electron chi connectivity index (χ2n) is 5.10. The number of carbonyl (C=O) groups excluding carboxylic acids is 2. The molecule has 2 amide bonds. The van der Waals surface area contributed by atoms with Gasteiger partial charge in [-0.25, -0.2) is 4.98 Å². The molecule has 7 heteroatoms. The Morgan fingerprint density at radius 3 is 2.59 bits per heavy atom. The second kappa shape index (κ2) is 8.33. The highest BCUT2D eigenvalue weighted by atomic mass is 16.5. The number of anilines is 1. The molecule has 0 bridgehead atoms. The van der Waals surface area contributed by atoms with E-state index >= 15 is 0 Å². The molecule has 0 radical (unpaired) electrons. The molecule has 7 nitrogen and oxygen atoms in total. The van der Waals surface area contributed by atoms with Crippen LogP contribution in [0.1, 0.15) is 23.7 Å². The molecule has 0 unspecified atom stereocenters. The molecule has 120 valence electrons. The average molecular weight is 306 g/mol. The van der Waals surface area contributed by atoms with E-state index in [9.17, 15) is 9.59 Å². The van der Waals surface area contributed by atoms with Gasteiger partial charge >= 0.3 is 0 Å². The average Bonchev–Trinajstić information content (AvgIpc) is 2.55. The molecule has 2 rings (SSSR count). The van der Waals surface area contributed by atoms with Gasteiger partial charge in [-0.2, -0.15) is 0 Å². The van der Waals surface area contributed by atoms with Crippen molar-refractivity contribution in [3.63, 3.8) is 0 Å². The van der Waals surface area contributed by atoms with Gasteiger partial charge in [0.05, 0.1) is 18.8 Å². The summed E-state index contributed by atoms with van der Waals surface area (Å²) in [4.78, 5) is 29.1. The van der Waals surface area contributed by atoms with Crippen LogP contribution in [0, 0.1) is 0 Å². The van der Waals surface area contributed by atoms with Gasteiger partial charge in [0.2, 0.25) is 5.91 Å². The molecule has 1 aliphatic rings. The van der Waals surface area contributed by atoms with Gasteiger partial charge in [0, 0.05) is 39.3 Å². The molecule has 22 heavy (non-hydrogen) atoms. The highest BCUT2D eigenvalue weighted by molar-refractivity contribution is 5.94. The first-order valence-electron chi connectivity index (χ1n) is 7.48. The number of amides is 2. The van der Waals surface area contributed by atoms with Crippen molar-refractivity contribution >= 4 is 17.6 Å². The highest BCUT2D eigenvalue weighted by Crippen LogP contribution is 2.12. The van der Waals surface area contributed by atoms with Gasteiger partial charge < -0.3 is 20.3 Å². The Bertz CT molecular complexity index is 498. The Morgan fingerprint density at radius 1 is 1.23 bits per heavy atom. The number of hydrogen-bond acceptors (Lipinski definition) is 5. The fourth-order valence-electron chi connectivity index (χ4n) is 2.16. The molecule has 1 aromatic rings. The minimum Gasteiger partial charge on any atom is -0.378 e. The summed E-state index contributed by atoms with van der Waals surface area (Å²) in [7, 11) is 0. The molecule has 1 aliphatic heterocycles. The number of morpholine rings is 1. The Hall–Kier alpha value is -2.15. The highest BCUT2D eigenvalue weighted by Gasteiger charge is 2.13. The summed E-state index contributed by atoms with van der Waals surface area (Å²) >= 11 is 0. The van der Waals surface area contributed by atoms with Crippen LogP contribution in [0.4, 0.5) is 5.82 Å². The molecule has 2 N–H and O–H groups in total. The van der Waals surface area contributed by atoms with Crippen LogP contribution in [0.2, 0.25) is 0 Å². The predicted molar refractivity (Wildman–Crippen MR) is 82.9 cm³/mol. The summed E-state index contributed by atoms with van der Waals surface area (Å²) < 4.78 is 5.30. The number of pyridine rings is 1. The molecule has 1 fully saturated rings. The first kappa shape index (κ1) is 16.2. The molecule has 0 spiro atoms. The molecule has 2 heterocycles. The van der Waals surface area contributed by atoms with Crippen LogP contribution in [-0.2, 0) is 9.53 Å². The van der Waals surface area contributed by atoms with Gasteiger partial charge in [0.1, 0.15) is 5.82 Å². The van der Waals surface area contributed by atoms with E-state index in [1.807, 2.05) is 6.07 Å². The van der Waals surface area contributed by atoms with E-state index in [0.717, 1.165) is 18.9 Å². The van der Waals surface area contributed by atoms with Crippen LogP contribution in [-0.4, -0.2) is 56.2 Å². The van der Waals surface area contributed by atoms with E-state index in [-0.39, 0.29) is 11.8 Å². The topological polar surface area (TPSA) is 83.6 Å². The normalized spacial score (nSPS) is 14.5. The van der Waals surface area contributed by atoms with Crippen LogP contribution in [0.3, 0.4) is 0 Å². The van der Waals surface area contributed by atoms with Crippen molar-refractivity contribution in [3.05, 3.63) is 23.9 Å². The lowest BCUT2D eigenvalue weighted by Gasteiger charge is -2.27. The minimum absolute atomic E-state index is 0.0609. The summed E-state index contributed by atoms with van der Waals surface area (Å²) in [5.74, 6) is 0.656. The van der Waals surface area contributed by atoms with E-state index in [0.29, 0.717) is 38.3 Å². The maximum absolute atomic E-state index is 12.0. The van der Waals surface area contributed by atoms with Crippen LogP contribution in [0.25, 0.3) is 0 Å². The minimum atomic E-state index is -0.149. The summed E-state index contributed by atoms with van der Waals surface area (Å²) in [6.07, 6.45) is 2.29. The molecule has 0 aromatic carbocycles. The zero-order chi connectivity index (χ0) is 15.8. The molecule has 0 aliphatic carbocycles. The number of carbonyl (C=O) groups is 2. The zero-order valence-corrected chi connectivity index (χ0v) is 12.8. The van der Waals surface area contributed by atoms with Crippen LogP contribution >= 0.6 is 0 Å². The van der Waals surface area contributed by atoms with Crippen molar-refractivity contribution in [2.45, 2.75) is 13.3 Å². The summed E-state index contributed by atoms with van der Waals surface area (Å²) in [6.45, 7) is 5.61. The largest absolute Gasteiger partial charge is 0.378 e. The third kappa shape index (κ3) is 5.00. The van der Waals surface area contributed by atoms with Crippen LogP contribution < -0.4 is 15.5 Å². The maximum atomic E-state index is 12.0. The molecular weight excluding hydrogens is 284 g/mol. The maximum Gasteiger partial charge on any atom is 0.252 e. The molecule has 1 saturated heterocycles. The zero-order valence-electron chi connectivity index (χ0n) is 12.8. The predicted octanol–water partition coefficient (Wildman–Crippen LogP) is 0.174. The van der Waals surface area contributed by atoms with Gasteiger partial charge in [0.25, 0.3) is 5.91 Å². The molecule has 1 aromatic heterocycles. The quantitative estimate of drug-likeness (QED) is 0.732. The number of nitrogens with zero attached hydrogens (tertiary/aromatic N) is 2. The lowest BCUT2D eigenvalue weighted by Crippen LogP contribution is -2.36. The fraction of sp³-hybridized carbons (Fsp3) is 0.533.